The van der Waals surface area contributed by atoms with E-state index in [0.29, 0.717) is 6.07 Å². The standard InChI is InChI=1S/C29H26F6N2O7S/c1-43-24-7-3-6-21(29(33,34)35)26(24)27(40)15-36(16-27)18-8-10-23-22(13-18)37(14-19(44-23)9-11-25(38)39)45(41,42)20-5-2-4-17(12-20)28(30,31)32/h2-8,10,12-13,19,40H,9,11,14-16H2,1H3,(H,38,39)/t19-/m0/s1. The van der Waals surface area contributed by atoms with Gasteiger partial charge in [0.15, 0.2) is 0 Å². The first kappa shape index (κ1) is 32.2. The van der Waals surface area contributed by atoms with Gasteiger partial charge in [0.25, 0.3) is 10.0 Å². The molecule has 1 saturated heterocycles. The van der Waals surface area contributed by atoms with E-state index in [9.17, 15) is 44.7 Å². The summed E-state index contributed by atoms with van der Waals surface area (Å²) in [4.78, 5) is 12.0. The third-order valence-corrected chi connectivity index (χ3v) is 9.37. The fraction of sp³-hybridized carbons (Fsp3) is 0.345. The highest BCUT2D eigenvalue weighted by atomic mass is 32.2. The second-order valence-corrected chi connectivity index (χ2v) is 12.5. The number of aliphatic carboxylic acids is 1. The number of hydrogen-bond acceptors (Lipinski definition) is 7. The van der Waals surface area contributed by atoms with Gasteiger partial charge in [-0.2, -0.15) is 26.3 Å². The lowest BCUT2D eigenvalue weighted by molar-refractivity contribution is -0.141. The van der Waals surface area contributed by atoms with Crippen LogP contribution in [0, 0.1) is 0 Å². The van der Waals surface area contributed by atoms with Gasteiger partial charge in [-0.3, -0.25) is 9.10 Å². The van der Waals surface area contributed by atoms with Crippen molar-refractivity contribution in [2.24, 2.45) is 0 Å². The monoisotopic (exact) mass is 660 g/mol. The van der Waals surface area contributed by atoms with Crippen LogP contribution < -0.4 is 18.7 Å². The van der Waals surface area contributed by atoms with Crippen molar-refractivity contribution in [1.29, 1.82) is 0 Å². The van der Waals surface area contributed by atoms with Crippen LogP contribution in [0.25, 0.3) is 0 Å². The normalized spacial score (nSPS) is 18.1. The van der Waals surface area contributed by atoms with E-state index in [0.717, 1.165) is 34.6 Å². The van der Waals surface area contributed by atoms with Gasteiger partial charge >= 0.3 is 18.3 Å². The number of carboxylic acid groups (broad SMARTS) is 1. The van der Waals surface area contributed by atoms with Crippen molar-refractivity contribution < 1.29 is 59.2 Å². The van der Waals surface area contributed by atoms with Gasteiger partial charge in [0.05, 0.1) is 48.5 Å². The molecule has 3 aromatic rings. The molecule has 0 saturated carbocycles. The maximum Gasteiger partial charge on any atom is 0.416 e. The molecule has 16 heteroatoms. The van der Waals surface area contributed by atoms with Gasteiger partial charge in [0.2, 0.25) is 0 Å². The Morgan fingerprint density at radius 1 is 1.02 bits per heavy atom. The molecule has 1 atom stereocenters. The second-order valence-electron chi connectivity index (χ2n) is 10.7. The summed E-state index contributed by atoms with van der Waals surface area (Å²) in [7, 11) is -3.49. The van der Waals surface area contributed by atoms with Crippen molar-refractivity contribution in [2.75, 3.05) is 35.9 Å². The van der Waals surface area contributed by atoms with Crippen molar-refractivity contribution in [3.8, 4) is 11.5 Å². The van der Waals surface area contributed by atoms with Crippen molar-refractivity contribution in [3.63, 3.8) is 0 Å². The zero-order chi connectivity index (χ0) is 32.9. The zero-order valence-electron chi connectivity index (χ0n) is 23.4. The van der Waals surface area contributed by atoms with Crippen LogP contribution in [0.3, 0.4) is 0 Å². The molecule has 0 amide bonds. The number of aliphatic hydroxyl groups is 1. The Kier molecular flexibility index (Phi) is 8.10. The van der Waals surface area contributed by atoms with Crippen LogP contribution in [0.15, 0.2) is 65.6 Å². The Bertz CT molecular complexity index is 1720. The summed E-state index contributed by atoms with van der Waals surface area (Å²) in [6, 6.07) is 10.6. The lowest BCUT2D eigenvalue weighted by Gasteiger charge is -2.49. The number of carbonyl (C=O) groups is 1. The van der Waals surface area contributed by atoms with Gasteiger partial charge in [0, 0.05) is 17.7 Å². The van der Waals surface area contributed by atoms with E-state index in [1.165, 1.54) is 36.3 Å². The number of methoxy groups -OCH3 is 1. The molecule has 2 aliphatic rings. The summed E-state index contributed by atoms with van der Waals surface area (Å²) in [6.07, 6.45) is -11.1. The molecule has 0 aliphatic carbocycles. The van der Waals surface area contributed by atoms with Gasteiger partial charge in [-0.15, -0.1) is 0 Å². The van der Waals surface area contributed by atoms with E-state index in [4.69, 9.17) is 14.6 Å². The average Bonchev–Trinajstić information content (AvgIpc) is 2.96. The molecule has 0 spiro atoms. The number of anilines is 2. The lowest BCUT2D eigenvalue weighted by atomic mass is 9.82. The fourth-order valence-corrected chi connectivity index (χ4v) is 7.01. The molecule has 0 bridgehead atoms. The number of alkyl halides is 6. The molecule has 3 aromatic carbocycles. The topological polar surface area (TPSA) is 117 Å². The van der Waals surface area contributed by atoms with E-state index in [1.807, 2.05) is 0 Å². The molecule has 1 fully saturated rings. The molecule has 9 nitrogen and oxygen atoms in total. The minimum absolute atomic E-state index is 0.00388. The SMILES string of the molecule is COc1cccc(C(F)(F)F)c1C1(O)CN(c2ccc3c(c2)N(S(=O)(=O)c2cccc(C(F)(F)F)c2)C[C@H](CCC(=O)O)O3)C1. The molecule has 0 unspecified atom stereocenters. The molecular formula is C29H26F6N2O7S. The highest BCUT2D eigenvalue weighted by molar-refractivity contribution is 7.92. The molecule has 242 valence electrons. The largest absolute Gasteiger partial charge is 0.496 e. The Morgan fingerprint density at radius 2 is 1.71 bits per heavy atom. The van der Waals surface area contributed by atoms with Crippen LogP contribution in [0.2, 0.25) is 0 Å². The fourth-order valence-electron chi connectivity index (χ4n) is 5.46. The Balaban J connectivity index is 1.51. The van der Waals surface area contributed by atoms with Gasteiger partial charge in [-0.05, 0) is 55.0 Å². The number of benzene rings is 3. The molecule has 45 heavy (non-hydrogen) atoms. The minimum atomic E-state index is -4.83. The summed E-state index contributed by atoms with van der Waals surface area (Å²) < 4.78 is 121. The quantitative estimate of drug-likeness (QED) is 0.315. The molecular weight excluding hydrogens is 634 g/mol. The van der Waals surface area contributed by atoms with Crippen LogP contribution in [0.4, 0.5) is 37.7 Å². The highest BCUT2D eigenvalue weighted by Gasteiger charge is 2.50. The van der Waals surface area contributed by atoms with Crippen LogP contribution in [0.5, 0.6) is 11.5 Å². The molecule has 0 aromatic heterocycles. The second kappa shape index (κ2) is 11.3. The van der Waals surface area contributed by atoms with Crippen LogP contribution in [0.1, 0.15) is 29.5 Å². The van der Waals surface area contributed by atoms with Crippen molar-refractivity contribution in [3.05, 3.63) is 77.4 Å². The molecule has 5 rings (SSSR count). The van der Waals surface area contributed by atoms with E-state index >= 15 is 0 Å². The Morgan fingerprint density at radius 3 is 2.33 bits per heavy atom. The van der Waals surface area contributed by atoms with E-state index in [2.05, 4.69) is 0 Å². The number of carboxylic acids is 1. The Hall–Kier alpha value is -4.18. The zero-order valence-corrected chi connectivity index (χ0v) is 24.2. The predicted molar refractivity (Wildman–Crippen MR) is 148 cm³/mol. The summed E-state index contributed by atoms with van der Waals surface area (Å²) in [5.74, 6) is -1.34. The maximum atomic E-state index is 13.8. The first-order valence-electron chi connectivity index (χ1n) is 13.4. The van der Waals surface area contributed by atoms with Gasteiger partial charge in [0.1, 0.15) is 23.2 Å². The highest BCUT2D eigenvalue weighted by Crippen LogP contribution is 2.48. The average molecular weight is 661 g/mol. The lowest BCUT2D eigenvalue weighted by Crippen LogP contribution is -2.60. The predicted octanol–water partition coefficient (Wildman–Crippen LogP) is 5.26. The summed E-state index contributed by atoms with van der Waals surface area (Å²) in [5, 5.41) is 20.4. The van der Waals surface area contributed by atoms with Crippen molar-refractivity contribution in [2.45, 2.75) is 41.8 Å². The molecule has 0 radical (unpaired) electrons. The van der Waals surface area contributed by atoms with Crippen LogP contribution in [-0.4, -0.2) is 57.4 Å². The number of rotatable bonds is 8. The molecule has 2 N–H and O–H groups in total. The number of nitrogens with zero attached hydrogens (tertiary/aromatic N) is 2. The van der Waals surface area contributed by atoms with E-state index in [-0.39, 0.29) is 48.8 Å². The molecule has 2 heterocycles. The Labute approximate surface area is 253 Å². The first-order chi connectivity index (χ1) is 20.9. The van der Waals surface area contributed by atoms with Gasteiger partial charge < -0.3 is 24.6 Å². The summed E-state index contributed by atoms with van der Waals surface area (Å²) in [5.41, 5.74) is -4.52. The van der Waals surface area contributed by atoms with Crippen molar-refractivity contribution in [1.82, 2.24) is 0 Å². The number of halogens is 6. The van der Waals surface area contributed by atoms with Gasteiger partial charge in [-0.1, -0.05) is 12.1 Å². The third kappa shape index (κ3) is 6.20. The van der Waals surface area contributed by atoms with E-state index in [1.54, 1.807) is 0 Å². The number of β-amino-alcohol motifs (C(OH)–C–C–N with tert-alkyl or cyclic N) is 1. The third-order valence-electron chi connectivity index (χ3n) is 7.59. The minimum Gasteiger partial charge on any atom is -0.496 e. The van der Waals surface area contributed by atoms with Crippen LogP contribution in [-0.2, 0) is 32.8 Å². The van der Waals surface area contributed by atoms with Gasteiger partial charge in [-0.25, -0.2) is 8.42 Å². The number of ether oxygens (including phenoxy) is 2. The maximum absolute atomic E-state index is 13.8. The van der Waals surface area contributed by atoms with E-state index < -0.39 is 68.2 Å². The van der Waals surface area contributed by atoms with Crippen molar-refractivity contribution >= 4 is 27.4 Å². The number of hydrogen-bond donors (Lipinski definition) is 2. The smallest absolute Gasteiger partial charge is 0.416 e. The first-order valence-corrected chi connectivity index (χ1v) is 14.8. The molecule has 2 aliphatic heterocycles. The summed E-state index contributed by atoms with van der Waals surface area (Å²) in [6.45, 7) is -1.10. The van der Waals surface area contributed by atoms with Crippen LogP contribution >= 0.6 is 0 Å². The number of fused-ring (bicyclic) bond motifs is 1. The number of sulfonamides is 1. The summed E-state index contributed by atoms with van der Waals surface area (Å²) >= 11 is 0.